The smallest absolute Gasteiger partial charge is 0.227 e. The highest BCUT2D eigenvalue weighted by Crippen LogP contribution is 2.27. The fraction of sp³-hybridized carbons (Fsp3) is 0.391. The minimum absolute atomic E-state index is 0.00122. The summed E-state index contributed by atoms with van der Waals surface area (Å²) in [6.45, 7) is 0.955. The Hall–Kier alpha value is -2.62. The second-order valence-corrected chi connectivity index (χ2v) is 10.7. The molecule has 0 bridgehead atoms. The molecule has 0 aromatic heterocycles. The predicted molar refractivity (Wildman–Crippen MR) is 126 cm³/mol. The van der Waals surface area contributed by atoms with Crippen LogP contribution in [0.3, 0.4) is 0 Å². The van der Waals surface area contributed by atoms with Crippen molar-refractivity contribution in [3.05, 3.63) is 58.6 Å². The SMILES string of the molecule is COc1ccc2c(c1)CCN(S(=O)(=O)CCNC(=O)C1CC(=O)N(c3ccc(Cl)cc3)C1)C2. The summed E-state index contributed by atoms with van der Waals surface area (Å²) < 4.78 is 32.3. The molecule has 2 heterocycles. The molecule has 1 fully saturated rings. The van der Waals surface area contributed by atoms with Crippen molar-refractivity contribution in [1.29, 1.82) is 0 Å². The lowest BCUT2D eigenvalue weighted by Crippen LogP contribution is -2.41. The fourth-order valence-corrected chi connectivity index (χ4v) is 5.65. The standard InChI is InChI=1S/C23H26ClN3O5S/c1-32-21-7-2-17-14-26(10-8-16(17)12-21)33(30,31)11-9-25-23(29)18-13-22(28)27(15-18)20-5-3-19(24)4-6-20/h2-7,12,18H,8-11,13-15H2,1H3,(H,25,29). The molecule has 0 saturated carbocycles. The van der Waals surface area contributed by atoms with Gasteiger partial charge >= 0.3 is 0 Å². The van der Waals surface area contributed by atoms with Crippen LogP contribution in [0.25, 0.3) is 0 Å². The minimum Gasteiger partial charge on any atom is -0.497 e. The molecule has 176 valence electrons. The number of carbonyl (C=O) groups excluding carboxylic acids is 2. The average molecular weight is 492 g/mol. The Kier molecular flexibility index (Phi) is 6.92. The molecule has 2 aromatic rings. The number of amides is 2. The fourth-order valence-electron chi connectivity index (χ4n) is 4.20. The van der Waals surface area contributed by atoms with E-state index in [4.69, 9.17) is 16.3 Å². The van der Waals surface area contributed by atoms with Crippen molar-refractivity contribution >= 4 is 39.1 Å². The first-order valence-electron chi connectivity index (χ1n) is 10.7. The number of sulfonamides is 1. The zero-order valence-corrected chi connectivity index (χ0v) is 19.9. The highest BCUT2D eigenvalue weighted by molar-refractivity contribution is 7.89. The summed E-state index contributed by atoms with van der Waals surface area (Å²) in [5, 5.41) is 3.26. The number of nitrogens with zero attached hydrogens (tertiary/aromatic N) is 2. The second-order valence-electron chi connectivity index (χ2n) is 8.21. The van der Waals surface area contributed by atoms with Crippen LogP contribution in [0.2, 0.25) is 5.02 Å². The van der Waals surface area contributed by atoms with E-state index >= 15 is 0 Å². The summed E-state index contributed by atoms with van der Waals surface area (Å²) in [7, 11) is -1.93. The van der Waals surface area contributed by atoms with Gasteiger partial charge in [-0.1, -0.05) is 17.7 Å². The van der Waals surface area contributed by atoms with Crippen molar-refractivity contribution in [2.75, 3.05) is 37.4 Å². The Morgan fingerprint density at radius 1 is 1.18 bits per heavy atom. The maximum Gasteiger partial charge on any atom is 0.227 e. The third-order valence-corrected chi connectivity index (χ3v) is 8.15. The molecule has 4 rings (SSSR count). The highest BCUT2D eigenvalue weighted by Gasteiger charge is 2.35. The Balaban J connectivity index is 1.29. The zero-order chi connectivity index (χ0) is 23.6. The molecular weight excluding hydrogens is 466 g/mol. The number of methoxy groups -OCH3 is 1. The molecule has 33 heavy (non-hydrogen) atoms. The van der Waals surface area contributed by atoms with Crippen molar-refractivity contribution in [2.45, 2.75) is 19.4 Å². The molecular formula is C23H26ClN3O5S. The second kappa shape index (κ2) is 9.70. The molecule has 1 atom stereocenters. The highest BCUT2D eigenvalue weighted by atomic mass is 35.5. The van der Waals surface area contributed by atoms with E-state index < -0.39 is 15.9 Å². The van der Waals surface area contributed by atoms with Gasteiger partial charge in [0.05, 0.1) is 18.8 Å². The maximum atomic E-state index is 12.8. The van der Waals surface area contributed by atoms with Crippen molar-refractivity contribution in [3.8, 4) is 5.75 Å². The minimum atomic E-state index is -3.53. The van der Waals surface area contributed by atoms with Crippen LogP contribution in [-0.4, -0.2) is 57.0 Å². The first kappa shape index (κ1) is 23.5. The quantitative estimate of drug-likeness (QED) is 0.640. The molecule has 0 spiro atoms. The van der Waals surface area contributed by atoms with Gasteiger partial charge in [0.2, 0.25) is 21.8 Å². The first-order valence-corrected chi connectivity index (χ1v) is 12.7. The summed E-state index contributed by atoms with van der Waals surface area (Å²) in [6, 6.07) is 12.5. The summed E-state index contributed by atoms with van der Waals surface area (Å²) in [6.07, 6.45) is 0.705. The van der Waals surface area contributed by atoms with E-state index in [1.807, 2.05) is 18.2 Å². The largest absolute Gasteiger partial charge is 0.497 e. The Morgan fingerprint density at radius 2 is 1.94 bits per heavy atom. The number of halogens is 1. The Labute approximate surface area is 198 Å². The average Bonchev–Trinajstić information content (AvgIpc) is 3.20. The number of carbonyl (C=O) groups is 2. The van der Waals surface area contributed by atoms with Gasteiger partial charge in [0.15, 0.2) is 0 Å². The van der Waals surface area contributed by atoms with E-state index in [1.54, 1.807) is 36.3 Å². The van der Waals surface area contributed by atoms with Crippen LogP contribution in [-0.2, 0) is 32.6 Å². The number of nitrogens with one attached hydrogen (secondary N) is 1. The number of hydrogen-bond acceptors (Lipinski definition) is 5. The van der Waals surface area contributed by atoms with Crippen LogP contribution in [0, 0.1) is 5.92 Å². The number of anilines is 1. The molecule has 2 aliphatic rings. The lowest BCUT2D eigenvalue weighted by atomic mass is 10.0. The third-order valence-electron chi connectivity index (χ3n) is 6.08. The Bertz CT molecular complexity index is 1150. The predicted octanol–water partition coefficient (Wildman–Crippen LogP) is 2.21. The number of ether oxygens (including phenoxy) is 1. The first-order chi connectivity index (χ1) is 15.8. The van der Waals surface area contributed by atoms with Crippen LogP contribution in [0.1, 0.15) is 17.5 Å². The number of hydrogen-bond donors (Lipinski definition) is 1. The van der Waals surface area contributed by atoms with Gasteiger partial charge in [-0.2, -0.15) is 4.31 Å². The van der Waals surface area contributed by atoms with Crippen LogP contribution in [0.5, 0.6) is 5.75 Å². The van der Waals surface area contributed by atoms with E-state index in [-0.39, 0.29) is 37.1 Å². The molecule has 10 heteroatoms. The van der Waals surface area contributed by atoms with Gasteiger partial charge in [0.25, 0.3) is 0 Å². The van der Waals surface area contributed by atoms with Crippen molar-refractivity contribution in [3.63, 3.8) is 0 Å². The van der Waals surface area contributed by atoms with Gasteiger partial charge < -0.3 is 15.0 Å². The van der Waals surface area contributed by atoms with Crippen LogP contribution in [0.4, 0.5) is 5.69 Å². The lowest BCUT2D eigenvalue weighted by molar-refractivity contribution is -0.126. The Morgan fingerprint density at radius 3 is 2.67 bits per heavy atom. The summed E-state index contributed by atoms with van der Waals surface area (Å²) in [4.78, 5) is 26.5. The summed E-state index contributed by atoms with van der Waals surface area (Å²) in [5.41, 5.74) is 2.73. The monoisotopic (exact) mass is 491 g/mol. The molecule has 1 unspecified atom stereocenters. The van der Waals surface area contributed by atoms with Crippen molar-refractivity contribution in [1.82, 2.24) is 9.62 Å². The van der Waals surface area contributed by atoms with E-state index in [0.29, 0.717) is 30.2 Å². The topological polar surface area (TPSA) is 96.0 Å². The van der Waals surface area contributed by atoms with Crippen molar-refractivity contribution < 1.29 is 22.7 Å². The van der Waals surface area contributed by atoms with Gasteiger partial charge in [-0.15, -0.1) is 0 Å². The van der Waals surface area contributed by atoms with E-state index in [2.05, 4.69) is 5.32 Å². The molecule has 1 N–H and O–H groups in total. The molecule has 8 nitrogen and oxygen atoms in total. The molecule has 2 amide bonds. The van der Waals surface area contributed by atoms with E-state index in [9.17, 15) is 18.0 Å². The molecule has 0 radical (unpaired) electrons. The number of rotatable bonds is 7. The zero-order valence-electron chi connectivity index (χ0n) is 18.3. The third kappa shape index (κ3) is 5.31. The molecule has 2 aromatic carbocycles. The number of benzene rings is 2. The van der Waals surface area contributed by atoms with Crippen LogP contribution in [0.15, 0.2) is 42.5 Å². The molecule has 1 saturated heterocycles. The van der Waals surface area contributed by atoms with Crippen LogP contribution < -0.4 is 15.0 Å². The van der Waals surface area contributed by atoms with Crippen LogP contribution >= 0.6 is 11.6 Å². The van der Waals surface area contributed by atoms with E-state index in [1.165, 1.54) is 4.31 Å². The number of fused-ring (bicyclic) bond motifs is 1. The normalized spacial score (nSPS) is 18.8. The summed E-state index contributed by atoms with van der Waals surface area (Å²) in [5.74, 6) is -0.411. The van der Waals surface area contributed by atoms with Crippen molar-refractivity contribution in [2.24, 2.45) is 5.92 Å². The molecule has 2 aliphatic heterocycles. The van der Waals surface area contributed by atoms with Gasteiger partial charge in [0, 0.05) is 43.3 Å². The maximum absolute atomic E-state index is 12.8. The van der Waals surface area contributed by atoms with E-state index in [0.717, 1.165) is 16.9 Å². The molecule has 0 aliphatic carbocycles. The van der Waals surface area contributed by atoms with Gasteiger partial charge in [0.1, 0.15) is 5.75 Å². The van der Waals surface area contributed by atoms with Gasteiger partial charge in [-0.05, 0) is 53.9 Å². The summed E-state index contributed by atoms with van der Waals surface area (Å²) >= 11 is 5.90. The van der Waals surface area contributed by atoms with Gasteiger partial charge in [-0.3, -0.25) is 9.59 Å². The van der Waals surface area contributed by atoms with Gasteiger partial charge in [-0.25, -0.2) is 8.42 Å². The lowest BCUT2D eigenvalue weighted by Gasteiger charge is -2.28.